The molecule has 1 aromatic carbocycles. The third kappa shape index (κ3) is 4.12. The number of benzene rings is 1. The number of hydrogen-bond donors (Lipinski definition) is 1. The number of carbonyl (C=O) groups excluding carboxylic acids is 1. The van der Waals surface area contributed by atoms with E-state index in [0.29, 0.717) is 18.5 Å². The molecule has 1 N–H and O–H groups in total. The average Bonchev–Trinajstić information content (AvgIpc) is 2.53. The molecule has 114 valence electrons. The Morgan fingerprint density at radius 2 is 2.00 bits per heavy atom. The van der Waals surface area contributed by atoms with Crippen LogP contribution in [-0.4, -0.2) is 45.4 Å². The summed E-state index contributed by atoms with van der Waals surface area (Å²) in [7, 11) is 1.70. The molecular weight excluding hydrogens is 282 g/mol. The second-order valence-corrected chi connectivity index (χ2v) is 4.90. The Morgan fingerprint density at radius 1 is 1.23 bits per heavy atom. The zero-order chi connectivity index (χ0) is 15.9. The lowest BCUT2D eigenvalue weighted by Gasteiger charge is -2.17. The highest BCUT2D eigenvalue weighted by Crippen LogP contribution is 2.11. The third-order valence-electron chi connectivity index (χ3n) is 3.34. The lowest BCUT2D eigenvalue weighted by Crippen LogP contribution is -2.30. The fourth-order valence-corrected chi connectivity index (χ4v) is 2.05. The molecule has 1 amide bonds. The molecule has 6 heteroatoms. The van der Waals surface area contributed by atoms with Crippen molar-refractivity contribution in [2.24, 2.45) is 0 Å². The molecule has 0 unspecified atom stereocenters. The summed E-state index contributed by atoms with van der Waals surface area (Å²) in [6, 6.07) is 6.55. The van der Waals surface area contributed by atoms with Crippen molar-refractivity contribution in [3.05, 3.63) is 59.7 Å². The molecule has 1 aromatic heterocycles. The Labute approximate surface area is 128 Å². The molecule has 2 aromatic rings. The summed E-state index contributed by atoms with van der Waals surface area (Å²) in [6.07, 6.45) is 5.55. The van der Waals surface area contributed by atoms with Crippen molar-refractivity contribution in [3.63, 3.8) is 0 Å². The Balaban J connectivity index is 1.96. The molecule has 0 fully saturated rings. The number of likely N-dealkylation sites (N-methyl/N-ethyl adjacent to an activating group) is 1. The van der Waals surface area contributed by atoms with Crippen LogP contribution in [-0.2, 0) is 17.6 Å². The van der Waals surface area contributed by atoms with Crippen LogP contribution < -0.4 is 0 Å². The minimum absolute atomic E-state index is 0.0689. The van der Waals surface area contributed by atoms with Gasteiger partial charge in [0.2, 0.25) is 5.91 Å². The van der Waals surface area contributed by atoms with E-state index < -0.39 is 5.97 Å². The predicted octanol–water partition coefficient (Wildman–Crippen LogP) is 1.42. The van der Waals surface area contributed by atoms with Gasteiger partial charge in [-0.2, -0.15) is 0 Å². The van der Waals surface area contributed by atoms with Crippen LogP contribution in [0.5, 0.6) is 0 Å². The monoisotopic (exact) mass is 299 g/mol. The van der Waals surface area contributed by atoms with Crippen LogP contribution in [0.2, 0.25) is 0 Å². The second-order valence-electron chi connectivity index (χ2n) is 4.90. The zero-order valence-corrected chi connectivity index (χ0v) is 12.3. The summed E-state index contributed by atoms with van der Waals surface area (Å²) in [5.41, 5.74) is 1.50. The van der Waals surface area contributed by atoms with E-state index in [-0.39, 0.29) is 17.9 Å². The minimum Gasteiger partial charge on any atom is -0.478 e. The summed E-state index contributed by atoms with van der Waals surface area (Å²) < 4.78 is 0. The van der Waals surface area contributed by atoms with Crippen molar-refractivity contribution in [1.82, 2.24) is 14.9 Å². The van der Waals surface area contributed by atoms with Gasteiger partial charge in [0.25, 0.3) is 0 Å². The average molecular weight is 299 g/mol. The van der Waals surface area contributed by atoms with Crippen LogP contribution in [0.15, 0.2) is 42.9 Å². The van der Waals surface area contributed by atoms with Gasteiger partial charge < -0.3 is 10.0 Å². The largest absolute Gasteiger partial charge is 0.478 e. The van der Waals surface area contributed by atoms with Gasteiger partial charge in [-0.3, -0.25) is 14.8 Å². The highest BCUT2D eigenvalue weighted by molar-refractivity contribution is 5.91. The third-order valence-corrected chi connectivity index (χ3v) is 3.34. The van der Waals surface area contributed by atoms with Crippen LogP contribution in [0, 0.1) is 0 Å². The highest BCUT2D eigenvalue weighted by atomic mass is 16.4. The fourth-order valence-electron chi connectivity index (χ4n) is 2.05. The summed E-state index contributed by atoms with van der Waals surface area (Å²) in [6.45, 7) is 0.507. The van der Waals surface area contributed by atoms with Gasteiger partial charge in [-0.15, -0.1) is 0 Å². The first-order valence-electron chi connectivity index (χ1n) is 6.88. The molecule has 6 nitrogen and oxygen atoms in total. The van der Waals surface area contributed by atoms with Gasteiger partial charge in [0, 0.05) is 38.6 Å². The van der Waals surface area contributed by atoms with Crippen molar-refractivity contribution in [2.45, 2.75) is 12.8 Å². The molecule has 0 spiro atoms. The molecule has 0 atom stereocenters. The fraction of sp³-hybridized carbons (Fsp3) is 0.250. The molecule has 22 heavy (non-hydrogen) atoms. The van der Waals surface area contributed by atoms with Crippen molar-refractivity contribution in [1.29, 1.82) is 0 Å². The number of carboxylic acid groups (broad SMARTS) is 1. The number of amides is 1. The molecule has 0 aliphatic rings. The van der Waals surface area contributed by atoms with Crippen molar-refractivity contribution < 1.29 is 14.7 Å². The van der Waals surface area contributed by atoms with Gasteiger partial charge >= 0.3 is 5.97 Å². The number of hydrogen-bond acceptors (Lipinski definition) is 4. The van der Waals surface area contributed by atoms with Crippen molar-refractivity contribution >= 4 is 11.9 Å². The van der Waals surface area contributed by atoms with E-state index in [1.165, 1.54) is 6.07 Å². The zero-order valence-electron chi connectivity index (χ0n) is 12.3. The van der Waals surface area contributed by atoms with Gasteiger partial charge in [0.15, 0.2) is 0 Å². The molecule has 2 rings (SSSR count). The Kier molecular flexibility index (Phi) is 5.19. The van der Waals surface area contributed by atoms with E-state index in [0.717, 1.165) is 5.69 Å². The topological polar surface area (TPSA) is 83.4 Å². The van der Waals surface area contributed by atoms with Crippen molar-refractivity contribution in [3.8, 4) is 0 Å². The normalized spacial score (nSPS) is 10.2. The standard InChI is InChI=1S/C16H17N3O3/c1-19(9-6-13-11-17-7-8-18-13)15(20)10-12-4-2-3-5-14(12)16(21)22/h2-5,7-8,11H,6,9-10H2,1H3,(H,21,22). The molecule has 0 saturated heterocycles. The summed E-state index contributed by atoms with van der Waals surface area (Å²) in [5, 5.41) is 9.13. The number of carboxylic acids is 1. The van der Waals surface area contributed by atoms with Gasteiger partial charge in [-0.25, -0.2) is 4.79 Å². The number of aromatic nitrogens is 2. The van der Waals surface area contributed by atoms with Crippen LogP contribution in [0.3, 0.4) is 0 Å². The van der Waals surface area contributed by atoms with E-state index in [9.17, 15) is 9.59 Å². The van der Waals surface area contributed by atoms with E-state index in [1.807, 2.05) is 0 Å². The van der Waals surface area contributed by atoms with Gasteiger partial charge in [-0.05, 0) is 11.6 Å². The van der Waals surface area contributed by atoms with Gasteiger partial charge in [0.05, 0.1) is 17.7 Å². The van der Waals surface area contributed by atoms with E-state index in [1.54, 1.807) is 48.7 Å². The number of rotatable bonds is 6. The Bertz CT molecular complexity index is 659. The summed E-state index contributed by atoms with van der Waals surface area (Å²) in [5.74, 6) is -1.15. The number of aromatic carboxylic acids is 1. The first-order valence-corrected chi connectivity index (χ1v) is 6.88. The van der Waals surface area contributed by atoms with Crippen LogP contribution in [0.4, 0.5) is 0 Å². The minimum atomic E-state index is -1.02. The molecule has 0 aliphatic heterocycles. The van der Waals surface area contributed by atoms with Crippen molar-refractivity contribution in [2.75, 3.05) is 13.6 Å². The van der Waals surface area contributed by atoms with Crippen LogP contribution >= 0.6 is 0 Å². The Morgan fingerprint density at radius 3 is 2.68 bits per heavy atom. The SMILES string of the molecule is CN(CCc1cnccn1)C(=O)Cc1ccccc1C(=O)O. The lowest BCUT2D eigenvalue weighted by molar-refractivity contribution is -0.129. The smallest absolute Gasteiger partial charge is 0.335 e. The van der Waals surface area contributed by atoms with E-state index >= 15 is 0 Å². The molecule has 0 aliphatic carbocycles. The van der Waals surface area contributed by atoms with Gasteiger partial charge in [-0.1, -0.05) is 18.2 Å². The molecule has 1 heterocycles. The first kappa shape index (κ1) is 15.6. The molecule has 0 radical (unpaired) electrons. The maximum Gasteiger partial charge on any atom is 0.335 e. The summed E-state index contributed by atoms with van der Waals surface area (Å²) >= 11 is 0. The van der Waals surface area contributed by atoms with Crippen LogP contribution in [0.1, 0.15) is 21.6 Å². The first-order chi connectivity index (χ1) is 10.6. The maximum atomic E-state index is 12.2. The lowest BCUT2D eigenvalue weighted by atomic mass is 10.0. The summed E-state index contributed by atoms with van der Waals surface area (Å²) in [4.78, 5) is 33.1. The molecular formula is C16H17N3O3. The van der Waals surface area contributed by atoms with Gasteiger partial charge in [0.1, 0.15) is 0 Å². The second kappa shape index (κ2) is 7.31. The quantitative estimate of drug-likeness (QED) is 0.872. The predicted molar refractivity (Wildman–Crippen MR) is 80.5 cm³/mol. The van der Waals surface area contributed by atoms with E-state index in [2.05, 4.69) is 9.97 Å². The Hall–Kier alpha value is -2.76. The molecule has 0 bridgehead atoms. The number of nitrogens with zero attached hydrogens (tertiary/aromatic N) is 3. The van der Waals surface area contributed by atoms with E-state index in [4.69, 9.17) is 5.11 Å². The van der Waals surface area contributed by atoms with Crippen LogP contribution in [0.25, 0.3) is 0 Å². The molecule has 0 saturated carbocycles. The maximum absolute atomic E-state index is 12.2. The highest BCUT2D eigenvalue weighted by Gasteiger charge is 2.15. The number of carbonyl (C=O) groups is 2.